The number of carbonyl (C=O) groups is 2. The topological polar surface area (TPSA) is 55.8 Å². The predicted molar refractivity (Wildman–Crippen MR) is 104 cm³/mol. The van der Waals surface area contributed by atoms with E-state index in [-0.39, 0.29) is 31.1 Å². The van der Waals surface area contributed by atoms with Crippen LogP contribution in [0.15, 0.2) is 54.6 Å². The molecule has 0 N–H and O–H groups in total. The standard InChI is InChI=1S/C22H27NO4/c1-16-10-12-20(13-11-16)27-15-21(24)23(14-17(2)22(25)26-4)18(3)19-8-6-5-7-9-19/h5-13,17-18H,14-15H2,1-4H3. The van der Waals surface area contributed by atoms with E-state index in [1.54, 1.807) is 11.8 Å². The molecule has 27 heavy (non-hydrogen) atoms. The Morgan fingerprint density at radius 3 is 2.22 bits per heavy atom. The van der Waals surface area contributed by atoms with Crippen molar-refractivity contribution in [3.8, 4) is 5.75 Å². The van der Waals surface area contributed by atoms with Gasteiger partial charge in [-0.15, -0.1) is 0 Å². The third-order valence-electron chi connectivity index (χ3n) is 4.53. The van der Waals surface area contributed by atoms with Gasteiger partial charge in [-0.3, -0.25) is 9.59 Å². The third-order valence-corrected chi connectivity index (χ3v) is 4.53. The van der Waals surface area contributed by atoms with Gasteiger partial charge >= 0.3 is 5.97 Å². The summed E-state index contributed by atoms with van der Waals surface area (Å²) in [5, 5.41) is 0. The molecule has 2 unspecified atom stereocenters. The van der Waals surface area contributed by atoms with Gasteiger partial charge in [-0.2, -0.15) is 0 Å². The van der Waals surface area contributed by atoms with Crippen molar-refractivity contribution in [2.45, 2.75) is 26.8 Å². The fourth-order valence-corrected chi connectivity index (χ4v) is 2.82. The number of methoxy groups -OCH3 is 1. The number of esters is 1. The van der Waals surface area contributed by atoms with E-state index < -0.39 is 5.92 Å². The molecule has 144 valence electrons. The molecule has 2 atom stereocenters. The van der Waals surface area contributed by atoms with Gasteiger partial charge in [0.1, 0.15) is 5.75 Å². The number of nitrogens with zero attached hydrogens (tertiary/aromatic N) is 1. The second kappa shape index (κ2) is 9.76. The minimum Gasteiger partial charge on any atom is -0.484 e. The van der Waals surface area contributed by atoms with Crippen LogP contribution < -0.4 is 4.74 Å². The smallest absolute Gasteiger partial charge is 0.310 e. The first-order valence-corrected chi connectivity index (χ1v) is 9.04. The second-order valence-corrected chi connectivity index (χ2v) is 6.66. The van der Waals surface area contributed by atoms with Crippen LogP contribution in [0.2, 0.25) is 0 Å². The van der Waals surface area contributed by atoms with Gasteiger partial charge in [-0.05, 0) is 31.5 Å². The molecule has 0 saturated carbocycles. The zero-order chi connectivity index (χ0) is 19.8. The Morgan fingerprint density at radius 1 is 1.00 bits per heavy atom. The van der Waals surface area contributed by atoms with Crippen LogP contribution in [0, 0.1) is 12.8 Å². The normalized spacial score (nSPS) is 12.7. The van der Waals surface area contributed by atoms with Crippen LogP contribution >= 0.6 is 0 Å². The summed E-state index contributed by atoms with van der Waals surface area (Å²) in [4.78, 5) is 26.4. The predicted octanol–water partition coefficient (Wildman–Crippen LogP) is 3.77. The molecule has 0 saturated heterocycles. The Labute approximate surface area is 160 Å². The number of hydrogen-bond acceptors (Lipinski definition) is 4. The highest BCUT2D eigenvalue weighted by Gasteiger charge is 2.26. The lowest BCUT2D eigenvalue weighted by Gasteiger charge is -2.31. The van der Waals surface area contributed by atoms with Gasteiger partial charge in [0.2, 0.25) is 0 Å². The van der Waals surface area contributed by atoms with Crippen LogP contribution in [-0.4, -0.2) is 37.0 Å². The molecule has 0 aliphatic heterocycles. The van der Waals surface area contributed by atoms with E-state index in [2.05, 4.69) is 0 Å². The summed E-state index contributed by atoms with van der Waals surface area (Å²) in [5.74, 6) is -0.304. The van der Waals surface area contributed by atoms with Gasteiger partial charge in [0.15, 0.2) is 6.61 Å². The summed E-state index contributed by atoms with van der Waals surface area (Å²) in [6, 6.07) is 17.1. The molecule has 0 spiro atoms. The largest absolute Gasteiger partial charge is 0.484 e. The van der Waals surface area contributed by atoms with Crippen molar-refractivity contribution in [1.29, 1.82) is 0 Å². The zero-order valence-electron chi connectivity index (χ0n) is 16.3. The molecule has 2 rings (SSSR count). The van der Waals surface area contributed by atoms with Crippen molar-refractivity contribution < 1.29 is 19.1 Å². The molecule has 2 aromatic carbocycles. The van der Waals surface area contributed by atoms with Crippen molar-refractivity contribution in [3.63, 3.8) is 0 Å². The Morgan fingerprint density at radius 2 is 1.63 bits per heavy atom. The molecule has 0 fully saturated rings. The number of ether oxygens (including phenoxy) is 2. The maximum Gasteiger partial charge on any atom is 0.310 e. The maximum absolute atomic E-state index is 12.9. The van der Waals surface area contributed by atoms with E-state index in [1.807, 2.05) is 68.4 Å². The van der Waals surface area contributed by atoms with Gasteiger partial charge in [-0.1, -0.05) is 55.0 Å². The molecule has 1 amide bonds. The second-order valence-electron chi connectivity index (χ2n) is 6.66. The van der Waals surface area contributed by atoms with E-state index in [9.17, 15) is 9.59 Å². The lowest BCUT2D eigenvalue weighted by atomic mass is 10.0. The van der Waals surface area contributed by atoms with Crippen LogP contribution in [0.3, 0.4) is 0 Å². The number of hydrogen-bond donors (Lipinski definition) is 0. The van der Waals surface area contributed by atoms with E-state index >= 15 is 0 Å². The van der Waals surface area contributed by atoms with Crippen molar-refractivity contribution >= 4 is 11.9 Å². The van der Waals surface area contributed by atoms with Gasteiger partial charge in [-0.25, -0.2) is 0 Å². The van der Waals surface area contributed by atoms with Crippen molar-refractivity contribution in [2.75, 3.05) is 20.3 Å². The SMILES string of the molecule is COC(=O)C(C)CN(C(=O)COc1ccc(C)cc1)C(C)c1ccccc1. The molecule has 0 bridgehead atoms. The van der Waals surface area contributed by atoms with Crippen LogP contribution in [-0.2, 0) is 14.3 Å². The summed E-state index contributed by atoms with van der Waals surface area (Å²) >= 11 is 0. The van der Waals surface area contributed by atoms with E-state index in [1.165, 1.54) is 7.11 Å². The molecular formula is C22H27NO4. The lowest BCUT2D eigenvalue weighted by Crippen LogP contribution is -2.41. The first kappa shape index (κ1) is 20.5. The van der Waals surface area contributed by atoms with Crippen LogP contribution in [0.4, 0.5) is 0 Å². The number of aryl methyl sites for hydroxylation is 1. The molecule has 2 aromatic rings. The highest BCUT2D eigenvalue weighted by Crippen LogP contribution is 2.22. The molecule has 0 aromatic heterocycles. The number of amides is 1. The van der Waals surface area contributed by atoms with E-state index in [0.29, 0.717) is 5.75 Å². The van der Waals surface area contributed by atoms with Crippen LogP contribution in [0.25, 0.3) is 0 Å². The number of carbonyl (C=O) groups excluding carboxylic acids is 2. The minimum absolute atomic E-state index is 0.0892. The lowest BCUT2D eigenvalue weighted by molar-refractivity contribution is -0.147. The molecule has 0 aliphatic carbocycles. The van der Waals surface area contributed by atoms with Crippen LogP contribution in [0.1, 0.15) is 31.0 Å². The molecule has 0 heterocycles. The molecule has 5 nitrogen and oxygen atoms in total. The van der Waals surface area contributed by atoms with Crippen molar-refractivity contribution in [1.82, 2.24) is 4.90 Å². The number of benzene rings is 2. The molecule has 0 aliphatic rings. The van der Waals surface area contributed by atoms with E-state index in [0.717, 1.165) is 11.1 Å². The average molecular weight is 369 g/mol. The maximum atomic E-state index is 12.9. The summed E-state index contributed by atoms with van der Waals surface area (Å²) < 4.78 is 10.5. The quantitative estimate of drug-likeness (QED) is 0.665. The molecule has 0 radical (unpaired) electrons. The molecule has 5 heteroatoms. The highest BCUT2D eigenvalue weighted by atomic mass is 16.5. The monoisotopic (exact) mass is 369 g/mol. The Balaban J connectivity index is 2.13. The first-order valence-electron chi connectivity index (χ1n) is 9.04. The Bertz CT molecular complexity index is 743. The Hall–Kier alpha value is -2.82. The van der Waals surface area contributed by atoms with Gasteiger partial charge in [0.25, 0.3) is 5.91 Å². The van der Waals surface area contributed by atoms with Crippen LogP contribution in [0.5, 0.6) is 5.75 Å². The minimum atomic E-state index is -0.426. The highest BCUT2D eigenvalue weighted by molar-refractivity contribution is 5.79. The summed E-state index contributed by atoms with van der Waals surface area (Å²) in [6.07, 6.45) is 0. The number of rotatable bonds is 8. The summed E-state index contributed by atoms with van der Waals surface area (Å²) in [6.45, 7) is 5.87. The molecular weight excluding hydrogens is 342 g/mol. The zero-order valence-corrected chi connectivity index (χ0v) is 16.3. The summed E-state index contributed by atoms with van der Waals surface area (Å²) in [7, 11) is 1.35. The third kappa shape index (κ3) is 5.84. The fraction of sp³-hybridized carbons (Fsp3) is 0.364. The summed E-state index contributed by atoms with van der Waals surface area (Å²) in [5.41, 5.74) is 2.12. The fourth-order valence-electron chi connectivity index (χ4n) is 2.82. The van der Waals surface area contributed by atoms with Gasteiger partial charge in [0.05, 0.1) is 19.1 Å². The van der Waals surface area contributed by atoms with Crippen molar-refractivity contribution in [3.05, 3.63) is 65.7 Å². The van der Waals surface area contributed by atoms with Crippen molar-refractivity contribution in [2.24, 2.45) is 5.92 Å². The van der Waals surface area contributed by atoms with Gasteiger partial charge in [0, 0.05) is 6.54 Å². The average Bonchev–Trinajstić information content (AvgIpc) is 2.70. The first-order chi connectivity index (χ1) is 12.9. The van der Waals surface area contributed by atoms with Gasteiger partial charge < -0.3 is 14.4 Å². The Kier molecular flexibility index (Phi) is 7.41. The van der Waals surface area contributed by atoms with E-state index in [4.69, 9.17) is 9.47 Å².